The molecule has 2 nitrogen and oxygen atoms in total. The second kappa shape index (κ2) is 5.52. The van der Waals surface area contributed by atoms with Gasteiger partial charge in [0, 0.05) is 29.3 Å². The predicted molar refractivity (Wildman–Crippen MR) is 75.5 cm³/mol. The Morgan fingerprint density at radius 3 is 2.65 bits per heavy atom. The number of hydrogen-bond acceptors (Lipinski definition) is 2. The summed E-state index contributed by atoms with van der Waals surface area (Å²) >= 11 is 9.50. The highest BCUT2D eigenvalue weighted by Gasteiger charge is 2.05. The second-order valence-corrected chi connectivity index (χ2v) is 5.10. The molecule has 0 spiro atoms. The Kier molecular flexibility index (Phi) is 4.02. The summed E-state index contributed by atoms with van der Waals surface area (Å²) in [5.74, 6) is 0.924. The molecule has 2 rings (SSSR count). The molecule has 1 heterocycles. The number of aromatic nitrogens is 1. The van der Waals surface area contributed by atoms with Gasteiger partial charge in [0.15, 0.2) is 0 Å². The third-order valence-electron chi connectivity index (χ3n) is 2.47. The zero-order chi connectivity index (χ0) is 12.3. The standard InChI is InChI=1S/C13H12BrClN2/c1-17(13-7-6-11(14)8-16-13)9-10-4-2-3-5-12(10)15/h2-8H,9H2,1H3. The number of rotatable bonds is 3. The van der Waals surface area contributed by atoms with E-state index >= 15 is 0 Å². The minimum Gasteiger partial charge on any atom is -0.355 e. The number of benzene rings is 1. The quantitative estimate of drug-likeness (QED) is 0.847. The lowest BCUT2D eigenvalue weighted by atomic mass is 10.2. The molecule has 0 bridgehead atoms. The molecule has 17 heavy (non-hydrogen) atoms. The van der Waals surface area contributed by atoms with E-state index in [9.17, 15) is 0 Å². The van der Waals surface area contributed by atoms with Crippen LogP contribution in [0.2, 0.25) is 5.02 Å². The normalized spacial score (nSPS) is 10.3. The lowest BCUT2D eigenvalue weighted by Crippen LogP contribution is -2.17. The molecule has 0 aliphatic rings. The second-order valence-electron chi connectivity index (χ2n) is 3.78. The number of nitrogens with zero attached hydrogens (tertiary/aromatic N) is 2. The van der Waals surface area contributed by atoms with E-state index in [1.54, 1.807) is 6.20 Å². The summed E-state index contributed by atoms with van der Waals surface area (Å²) in [4.78, 5) is 6.40. The molecule has 0 aliphatic carbocycles. The summed E-state index contributed by atoms with van der Waals surface area (Å²) in [5.41, 5.74) is 1.10. The highest BCUT2D eigenvalue weighted by atomic mass is 79.9. The van der Waals surface area contributed by atoms with E-state index in [1.165, 1.54) is 0 Å². The number of pyridine rings is 1. The Morgan fingerprint density at radius 2 is 2.00 bits per heavy atom. The van der Waals surface area contributed by atoms with Crippen LogP contribution < -0.4 is 4.90 Å². The van der Waals surface area contributed by atoms with Crippen molar-refractivity contribution in [1.29, 1.82) is 0 Å². The fourth-order valence-electron chi connectivity index (χ4n) is 1.56. The van der Waals surface area contributed by atoms with Gasteiger partial charge in [0.25, 0.3) is 0 Å². The first kappa shape index (κ1) is 12.4. The van der Waals surface area contributed by atoms with Crippen LogP contribution in [0.15, 0.2) is 47.1 Å². The highest BCUT2D eigenvalue weighted by molar-refractivity contribution is 9.10. The Labute approximate surface area is 114 Å². The van der Waals surface area contributed by atoms with Crippen LogP contribution in [-0.4, -0.2) is 12.0 Å². The van der Waals surface area contributed by atoms with Gasteiger partial charge in [-0.2, -0.15) is 0 Å². The molecule has 2 aromatic rings. The van der Waals surface area contributed by atoms with E-state index in [0.717, 1.165) is 27.4 Å². The van der Waals surface area contributed by atoms with Gasteiger partial charge >= 0.3 is 0 Å². The van der Waals surface area contributed by atoms with Crippen molar-refractivity contribution in [2.75, 3.05) is 11.9 Å². The van der Waals surface area contributed by atoms with Crippen molar-refractivity contribution in [2.24, 2.45) is 0 Å². The van der Waals surface area contributed by atoms with Crippen molar-refractivity contribution in [3.63, 3.8) is 0 Å². The molecule has 1 aromatic carbocycles. The molecule has 0 saturated carbocycles. The van der Waals surface area contributed by atoms with Gasteiger partial charge in [-0.15, -0.1) is 0 Å². The third-order valence-corrected chi connectivity index (χ3v) is 3.31. The molecule has 0 aliphatic heterocycles. The fourth-order valence-corrected chi connectivity index (χ4v) is 1.99. The molecule has 0 saturated heterocycles. The molecular formula is C13H12BrClN2. The summed E-state index contributed by atoms with van der Waals surface area (Å²) in [6, 6.07) is 11.8. The van der Waals surface area contributed by atoms with Crippen molar-refractivity contribution in [1.82, 2.24) is 4.98 Å². The molecule has 0 N–H and O–H groups in total. The van der Waals surface area contributed by atoms with Gasteiger partial charge in [-0.25, -0.2) is 4.98 Å². The Morgan fingerprint density at radius 1 is 1.24 bits per heavy atom. The van der Waals surface area contributed by atoms with Crippen LogP contribution in [0.1, 0.15) is 5.56 Å². The topological polar surface area (TPSA) is 16.1 Å². The van der Waals surface area contributed by atoms with Gasteiger partial charge in [-0.05, 0) is 39.7 Å². The smallest absolute Gasteiger partial charge is 0.128 e. The van der Waals surface area contributed by atoms with Gasteiger partial charge in [-0.1, -0.05) is 29.8 Å². The predicted octanol–water partition coefficient (Wildman–Crippen LogP) is 4.13. The zero-order valence-corrected chi connectivity index (χ0v) is 11.7. The van der Waals surface area contributed by atoms with Gasteiger partial charge < -0.3 is 4.90 Å². The van der Waals surface area contributed by atoms with Crippen molar-refractivity contribution in [2.45, 2.75) is 6.54 Å². The Balaban J connectivity index is 2.14. The van der Waals surface area contributed by atoms with Crippen LogP contribution in [0.5, 0.6) is 0 Å². The van der Waals surface area contributed by atoms with E-state index in [1.807, 2.05) is 43.4 Å². The van der Waals surface area contributed by atoms with Crippen LogP contribution in [0, 0.1) is 0 Å². The van der Waals surface area contributed by atoms with Crippen molar-refractivity contribution in [3.8, 4) is 0 Å². The van der Waals surface area contributed by atoms with Gasteiger partial charge in [0.05, 0.1) is 0 Å². The van der Waals surface area contributed by atoms with Crippen LogP contribution in [0.4, 0.5) is 5.82 Å². The summed E-state index contributed by atoms with van der Waals surface area (Å²) < 4.78 is 0.979. The van der Waals surface area contributed by atoms with Crippen LogP contribution >= 0.6 is 27.5 Å². The molecule has 0 fully saturated rings. The van der Waals surface area contributed by atoms with Crippen molar-refractivity contribution in [3.05, 3.63) is 57.7 Å². The highest BCUT2D eigenvalue weighted by Crippen LogP contribution is 2.20. The maximum atomic E-state index is 6.13. The van der Waals surface area contributed by atoms with E-state index < -0.39 is 0 Å². The zero-order valence-electron chi connectivity index (χ0n) is 9.40. The molecule has 0 amide bonds. The number of hydrogen-bond donors (Lipinski definition) is 0. The number of halogens is 2. The van der Waals surface area contributed by atoms with Crippen molar-refractivity contribution >= 4 is 33.3 Å². The lowest BCUT2D eigenvalue weighted by Gasteiger charge is -2.18. The van der Waals surface area contributed by atoms with Crippen molar-refractivity contribution < 1.29 is 0 Å². The Hall–Kier alpha value is -1.06. The summed E-state index contributed by atoms with van der Waals surface area (Å²) in [6.07, 6.45) is 1.79. The largest absolute Gasteiger partial charge is 0.355 e. The van der Waals surface area contributed by atoms with E-state index in [4.69, 9.17) is 11.6 Å². The number of anilines is 1. The molecule has 4 heteroatoms. The molecular weight excluding hydrogens is 300 g/mol. The first-order valence-electron chi connectivity index (χ1n) is 5.23. The van der Waals surface area contributed by atoms with Crippen LogP contribution in [-0.2, 0) is 6.54 Å². The minimum absolute atomic E-state index is 0.744. The van der Waals surface area contributed by atoms with Crippen LogP contribution in [0.25, 0.3) is 0 Å². The summed E-state index contributed by atoms with van der Waals surface area (Å²) in [5, 5.41) is 0.788. The SMILES string of the molecule is CN(Cc1ccccc1Cl)c1ccc(Br)cn1. The van der Waals surface area contributed by atoms with Gasteiger partial charge in [-0.3, -0.25) is 0 Å². The molecule has 1 aromatic heterocycles. The monoisotopic (exact) mass is 310 g/mol. The summed E-state index contributed by atoms with van der Waals surface area (Å²) in [6.45, 7) is 0.744. The van der Waals surface area contributed by atoms with Gasteiger partial charge in [0.2, 0.25) is 0 Å². The maximum absolute atomic E-state index is 6.13. The third kappa shape index (κ3) is 3.20. The first-order valence-corrected chi connectivity index (χ1v) is 6.40. The maximum Gasteiger partial charge on any atom is 0.128 e. The summed E-state index contributed by atoms with van der Waals surface area (Å²) in [7, 11) is 2.00. The molecule has 0 radical (unpaired) electrons. The van der Waals surface area contributed by atoms with E-state index in [-0.39, 0.29) is 0 Å². The van der Waals surface area contributed by atoms with E-state index in [0.29, 0.717) is 0 Å². The lowest BCUT2D eigenvalue weighted by molar-refractivity contribution is 0.897. The average molecular weight is 312 g/mol. The van der Waals surface area contributed by atoms with Crippen LogP contribution in [0.3, 0.4) is 0 Å². The molecule has 88 valence electrons. The average Bonchev–Trinajstić information content (AvgIpc) is 2.33. The molecule has 0 atom stereocenters. The van der Waals surface area contributed by atoms with Gasteiger partial charge in [0.1, 0.15) is 5.82 Å². The minimum atomic E-state index is 0.744. The first-order chi connectivity index (χ1) is 8.16. The van der Waals surface area contributed by atoms with E-state index in [2.05, 4.69) is 25.8 Å². The Bertz CT molecular complexity index is 499. The molecule has 0 unspecified atom stereocenters. The fraction of sp³-hybridized carbons (Fsp3) is 0.154.